The minimum absolute atomic E-state index is 0.0831. The first kappa shape index (κ1) is 18.6. The molecule has 0 unspecified atom stereocenters. The van der Waals surface area contributed by atoms with E-state index < -0.39 is 10.0 Å². The third-order valence-electron chi connectivity index (χ3n) is 4.93. The predicted molar refractivity (Wildman–Crippen MR) is 103 cm³/mol. The van der Waals surface area contributed by atoms with E-state index in [0.29, 0.717) is 30.8 Å². The van der Waals surface area contributed by atoms with Crippen molar-refractivity contribution >= 4 is 10.0 Å². The van der Waals surface area contributed by atoms with E-state index in [0.717, 1.165) is 5.56 Å². The van der Waals surface area contributed by atoms with Crippen LogP contribution in [-0.2, 0) is 36.1 Å². The van der Waals surface area contributed by atoms with E-state index >= 15 is 0 Å². The summed E-state index contributed by atoms with van der Waals surface area (Å²) in [5, 5.41) is 4.20. The smallest absolute Gasteiger partial charge is 0.256 e. The van der Waals surface area contributed by atoms with Gasteiger partial charge in [0, 0.05) is 24.8 Å². The standard InChI is InChI=1S/C19H21N5O3S/c1-2-22-14-20-18-13-24(9-8-17(18)19(22)25)28(26,27)16-10-21-23(12-16)11-15-6-4-3-5-7-15/h3-7,10,12,14H,2,8-9,11,13H2,1H3. The fourth-order valence-electron chi connectivity index (χ4n) is 3.35. The first-order valence-corrected chi connectivity index (χ1v) is 10.6. The molecule has 0 aliphatic carbocycles. The number of nitrogens with zero attached hydrogens (tertiary/aromatic N) is 5. The van der Waals surface area contributed by atoms with Gasteiger partial charge in [-0.25, -0.2) is 13.4 Å². The largest absolute Gasteiger partial charge is 0.299 e. The summed E-state index contributed by atoms with van der Waals surface area (Å²) in [6, 6.07) is 9.72. The van der Waals surface area contributed by atoms with Crippen LogP contribution in [0.4, 0.5) is 0 Å². The zero-order chi connectivity index (χ0) is 19.7. The summed E-state index contributed by atoms with van der Waals surface area (Å²) in [5.41, 5.74) is 2.09. The van der Waals surface area contributed by atoms with Crippen LogP contribution < -0.4 is 5.56 Å². The maximum Gasteiger partial charge on any atom is 0.256 e. The van der Waals surface area contributed by atoms with Gasteiger partial charge in [0.1, 0.15) is 4.90 Å². The highest BCUT2D eigenvalue weighted by molar-refractivity contribution is 7.89. The van der Waals surface area contributed by atoms with Crippen molar-refractivity contribution < 1.29 is 8.42 Å². The summed E-state index contributed by atoms with van der Waals surface area (Å²) in [7, 11) is -3.70. The molecule has 0 spiro atoms. The normalized spacial score (nSPS) is 14.8. The van der Waals surface area contributed by atoms with E-state index in [-0.39, 0.29) is 23.5 Å². The third kappa shape index (κ3) is 3.38. The molecule has 8 nitrogen and oxygen atoms in total. The number of sulfonamides is 1. The molecule has 0 N–H and O–H groups in total. The zero-order valence-corrected chi connectivity index (χ0v) is 16.3. The lowest BCUT2D eigenvalue weighted by atomic mass is 10.1. The highest BCUT2D eigenvalue weighted by Gasteiger charge is 2.31. The number of aryl methyl sites for hydroxylation is 1. The number of hydrogen-bond acceptors (Lipinski definition) is 5. The minimum Gasteiger partial charge on any atom is -0.299 e. The van der Waals surface area contributed by atoms with Crippen molar-refractivity contribution in [1.29, 1.82) is 0 Å². The van der Waals surface area contributed by atoms with Crippen LogP contribution in [0.1, 0.15) is 23.7 Å². The van der Waals surface area contributed by atoms with Gasteiger partial charge in [0.2, 0.25) is 10.0 Å². The summed E-state index contributed by atoms with van der Waals surface area (Å²) >= 11 is 0. The lowest BCUT2D eigenvalue weighted by Crippen LogP contribution is -2.40. The Kier molecular flexibility index (Phi) is 4.86. The Morgan fingerprint density at radius 2 is 1.96 bits per heavy atom. The third-order valence-corrected chi connectivity index (χ3v) is 6.73. The molecular weight excluding hydrogens is 378 g/mol. The number of hydrogen-bond donors (Lipinski definition) is 0. The molecule has 1 aliphatic heterocycles. The van der Waals surface area contributed by atoms with E-state index in [2.05, 4.69) is 10.1 Å². The molecule has 0 amide bonds. The molecule has 0 saturated heterocycles. The summed E-state index contributed by atoms with van der Waals surface area (Å²) in [5.74, 6) is 0. The summed E-state index contributed by atoms with van der Waals surface area (Å²) in [6.07, 6.45) is 4.76. The van der Waals surface area contributed by atoms with E-state index in [1.165, 1.54) is 21.4 Å². The first-order chi connectivity index (χ1) is 13.5. The molecule has 9 heteroatoms. The topological polar surface area (TPSA) is 90.1 Å². The quantitative estimate of drug-likeness (QED) is 0.644. The van der Waals surface area contributed by atoms with Crippen LogP contribution in [0, 0.1) is 0 Å². The number of rotatable bonds is 5. The van der Waals surface area contributed by atoms with Gasteiger partial charge in [0.25, 0.3) is 5.56 Å². The molecule has 4 rings (SSSR count). The molecule has 0 bridgehead atoms. The maximum atomic E-state index is 13.0. The second-order valence-corrected chi connectivity index (χ2v) is 8.65. The Morgan fingerprint density at radius 1 is 1.18 bits per heavy atom. The predicted octanol–water partition coefficient (Wildman–Crippen LogP) is 1.25. The molecule has 3 heterocycles. The monoisotopic (exact) mass is 399 g/mol. The number of aromatic nitrogens is 4. The highest BCUT2D eigenvalue weighted by Crippen LogP contribution is 2.22. The van der Waals surface area contributed by atoms with Crippen molar-refractivity contribution in [1.82, 2.24) is 23.6 Å². The highest BCUT2D eigenvalue weighted by atomic mass is 32.2. The van der Waals surface area contributed by atoms with Crippen LogP contribution in [0.3, 0.4) is 0 Å². The van der Waals surface area contributed by atoms with E-state index in [4.69, 9.17) is 0 Å². The van der Waals surface area contributed by atoms with Gasteiger partial charge in [-0.15, -0.1) is 0 Å². The molecule has 0 atom stereocenters. The van der Waals surface area contributed by atoms with Crippen molar-refractivity contribution in [2.75, 3.05) is 6.54 Å². The fraction of sp³-hybridized carbons (Fsp3) is 0.316. The second-order valence-electron chi connectivity index (χ2n) is 6.71. The Labute approximate surface area is 163 Å². The molecule has 146 valence electrons. The number of benzene rings is 1. The van der Waals surface area contributed by atoms with Crippen LogP contribution in [0.2, 0.25) is 0 Å². The van der Waals surface area contributed by atoms with E-state index in [9.17, 15) is 13.2 Å². The first-order valence-electron chi connectivity index (χ1n) is 9.12. The molecule has 0 saturated carbocycles. The van der Waals surface area contributed by atoms with Crippen molar-refractivity contribution in [3.05, 3.63) is 76.2 Å². The molecule has 28 heavy (non-hydrogen) atoms. The van der Waals surface area contributed by atoms with Crippen molar-refractivity contribution in [2.45, 2.75) is 37.9 Å². The van der Waals surface area contributed by atoms with Crippen LogP contribution in [0.5, 0.6) is 0 Å². The van der Waals surface area contributed by atoms with Gasteiger partial charge in [0.15, 0.2) is 0 Å². The fourth-order valence-corrected chi connectivity index (χ4v) is 4.71. The molecule has 1 aliphatic rings. The Hall–Kier alpha value is -2.78. The maximum absolute atomic E-state index is 13.0. The van der Waals surface area contributed by atoms with Gasteiger partial charge in [-0.1, -0.05) is 30.3 Å². The van der Waals surface area contributed by atoms with Gasteiger partial charge < -0.3 is 0 Å². The van der Waals surface area contributed by atoms with Gasteiger partial charge in [-0.3, -0.25) is 14.0 Å². The Balaban J connectivity index is 1.56. The van der Waals surface area contributed by atoms with Gasteiger partial charge >= 0.3 is 0 Å². The minimum atomic E-state index is -3.70. The molecule has 0 radical (unpaired) electrons. The summed E-state index contributed by atoms with van der Waals surface area (Å²) in [4.78, 5) is 16.8. The van der Waals surface area contributed by atoms with Crippen molar-refractivity contribution in [3.8, 4) is 0 Å². The average Bonchev–Trinajstić information content (AvgIpc) is 3.18. The van der Waals surface area contributed by atoms with Crippen molar-refractivity contribution in [3.63, 3.8) is 0 Å². The molecule has 1 aromatic carbocycles. The van der Waals surface area contributed by atoms with Gasteiger partial charge in [-0.2, -0.15) is 9.40 Å². The summed E-state index contributed by atoms with van der Waals surface area (Å²) in [6.45, 7) is 3.27. The lowest BCUT2D eigenvalue weighted by Gasteiger charge is -2.26. The van der Waals surface area contributed by atoms with Gasteiger partial charge in [0.05, 0.1) is 31.3 Å². The summed E-state index contributed by atoms with van der Waals surface area (Å²) < 4.78 is 30.6. The average molecular weight is 399 g/mol. The van der Waals surface area contributed by atoms with Crippen LogP contribution in [0.25, 0.3) is 0 Å². The van der Waals surface area contributed by atoms with Crippen molar-refractivity contribution in [2.24, 2.45) is 0 Å². The van der Waals surface area contributed by atoms with Gasteiger partial charge in [-0.05, 0) is 18.9 Å². The van der Waals surface area contributed by atoms with E-state index in [1.54, 1.807) is 10.9 Å². The Bertz CT molecular complexity index is 1150. The second kappa shape index (κ2) is 7.33. The SMILES string of the molecule is CCn1cnc2c(c1=O)CCN(S(=O)(=O)c1cnn(Cc3ccccc3)c1)C2. The van der Waals surface area contributed by atoms with E-state index in [1.807, 2.05) is 37.3 Å². The zero-order valence-electron chi connectivity index (χ0n) is 15.5. The molecule has 2 aromatic heterocycles. The molecule has 3 aromatic rings. The lowest BCUT2D eigenvalue weighted by molar-refractivity contribution is 0.381. The van der Waals surface area contributed by atoms with Crippen LogP contribution >= 0.6 is 0 Å². The molecule has 0 fully saturated rings. The number of fused-ring (bicyclic) bond motifs is 1. The van der Waals surface area contributed by atoms with Crippen LogP contribution in [0.15, 0.2) is 58.7 Å². The Morgan fingerprint density at radius 3 is 2.71 bits per heavy atom. The molecular formula is C19H21N5O3S. The van der Waals surface area contributed by atoms with Crippen LogP contribution in [-0.4, -0.2) is 38.6 Å².